The number of likely N-dealkylation sites (N-methyl/N-ethyl adjacent to an activating group) is 1. The largest absolute Gasteiger partial charge is 0.492 e. The molecule has 0 aromatic heterocycles. The Hall–Kier alpha value is -0.540. The van der Waals surface area contributed by atoms with Crippen LogP contribution < -0.4 is 10.1 Å². The van der Waals surface area contributed by atoms with Crippen molar-refractivity contribution >= 4 is 15.9 Å². The third kappa shape index (κ3) is 3.71. The first-order valence-electron chi connectivity index (χ1n) is 6.27. The summed E-state index contributed by atoms with van der Waals surface area (Å²) in [7, 11) is 1.98. The van der Waals surface area contributed by atoms with Crippen LogP contribution in [0.3, 0.4) is 0 Å². The molecule has 0 amide bonds. The Morgan fingerprint density at radius 2 is 2.18 bits per heavy atom. The van der Waals surface area contributed by atoms with Gasteiger partial charge in [-0.3, -0.25) is 0 Å². The van der Waals surface area contributed by atoms with Gasteiger partial charge in [0.1, 0.15) is 5.75 Å². The van der Waals surface area contributed by atoms with E-state index >= 15 is 0 Å². The molecule has 1 N–H and O–H groups in total. The number of hydrogen-bond donors (Lipinski definition) is 1. The van der Waals surface area contributed by atoms with Gasteiger partial charge in [0.2, 0.25) is 0 Å². The fraction of sp³-hybridized carbons (Fsp3) is 0.571. The average Bonchev–Trinajstić information content (AvgIpc) is 3.08. The topological polar surface area (TPSA) is 21.3 Å². The molecule has 0 saturated heterocycles. The van der Waals surface area contributed by atoms with E-state index in [0.717, 1.165) is 35.7 Å². The zero-order chi connectivity index (χ0) is 12.3. The van der Waals surface area contributed by atoms with Crippen molar-refractivity contribution in [2.24, 2.45) is 5.92 Å². The molecule has 1 aromatic rings. The van der Waals surface area contributed by atoms with Crippen LogP contribution in [0.25, 0.3) is 0 Å². The summed E-state index contributed by atoms with van der Waals surface area (Å²) in [6.07, 6.45) is 3.67. The van der Waals surface area contributed by atoms with Gasteiger partial charge in [0.25, 0.3) is 0 Å². The SMILES string of the molecule is CNCCc1cc(C)cc(Br)c1OCC1CC1. The van der Waals surface area contributed by atoms with E-state index in [4.69, 9.17) is 4.74 Å². The molecular weight excluding hydrogens is 278 g/mol. The summed E-state index contributed by atoms with van der Waals surface area (Å²) < 4.78 is 7.06. The first kappa shape index (κ1) is 12.9. The van der Waals surface area contributed by atoms with Gasteiger partial charge >= 0.3 is 0 Å². The number of ether oxygens (including phenoxy) is 1. The molecule has 1 fully saturated rings. The highest BCUT2D eigenvalue weighted by Gasteiger charge is 2.23. The number of benzene rings is 1. The van der Waals surface area contributed by atoms with Gasteiger partial charge in [0.05, 0.1) is 11.1 Å². The highest BCUT2D eigenvalue weighted by molar-refractivity contribution is 9.10. The van der Waals surface area contributed by atoms with Crippen molar-refractivity contribution in [1.29, 1.82) is 0 Å². The first-order chi connectivity index (χ1) is 8.20. The molecule has 0 radical (unpaired) electrons. The number of aryl methyl sites for hydroxylation is 1. The van der Waals surface area contributed by atoms with Crippen LogP contribution in [0.15, 0.2) is 16.6 Å². The van der Waals surface area contributed by atoms with Crippen molar-refractivity contribution in [1.82, 2.24) is 5.32 Å². The summed E-state index contributed by atoms with van der Waals surface area (Å²) in [6.45, 7) is 3.97. The second-order valence-corrected chi connectivity index (χ2v) is 5.70. The van der Waals surface area contributed by atoms with Crippen molar-refractivity contribution < 1.29 is 4.74 Å². The Morgan fingerprint density at radius 3 is 2.82 bits per heavy atom. The monoisotopic (exact) mass is 297 g/mol. The Bertz CT molecular complexity index is 388. The normalized spacial score (nSPS) is 15.0. The number of rotatable bonds is 6. The summed E-state index contributed by atoms with van der Waals surface area (Å²) >= 11 is 3.61. The van der Waals surface area contributed by atoms with E-state index in [2.05, 4.69) is 40.3 Å². The van der Waals surface area contributed by atoms with Gasteiger partial charge in [0.15, 0.2) is 0 Å². The number of halogens is 1. The molecular formula is C14H20BrNO. The third-order valence-electron chi connectivity index (χ3n) is 3.07. The second kappa shape index (κ2) is 5.87. The summed E-state index contributed by atoms with van der Waals surface area (Å²) in [6, 6.07) is 4.36. The molecule has 0 atom stereocenters. The van der Waals surface area contributed by atoms with Crippen molar-refractivity contribution in [3.8, 4) is 5.75 Å². The number of hydrogen-bond acceptors (Lipinski definition) is 2. The second-order valence-electron chi connectivity index (χ2n) is 4.84. The predicted octanol–water partition coefficient (Wildman–Crippen LogP) is 3.31. The van der Waals surface area contributed by atoms with Gasteiger partial charge < -0.3 is 10.1 Å². The van der Waals surface area contributed by atoms with Gasteiger partial charge in [-0.05, 0) is 78.8 Å². The molecule has 2 rings (SSSR count). The minimum absolute atomic E-state index is 0.792. The molecule has 1 saturated carbocycles. The highest BCUT2D eigenvalue weighted by atomic mass is 79.9. The lowest BCUT2D eigenvalue weighted by molar-refractivity contribution is 0.295. The zero-order valence-electron chi connectivity index (χ0n) is 10.6. The fourth-order valence-corrected chi connectivity index (χ4v) is 2.62. The van der Waals surface area contributed by atoms with E-state index in [9.17, 15) is 0 Å². The quantitative estimate of drug-likeness (QED) is 0.870. The minimum Gasteiger partial charge on any atom is -0.492 e. The van der Waals surface area contributed by atoms with Crippen LogP contribution in [0.1, 0.15) is 24.0 Å². The van der Waals surface area contributed by atoms with E-state index in [1.54, 1.807) is 0 Å². The lowest BCUT2D eigenvalue weighted by atomic mass is 10.1. The van der Waals surface area contributed by atoms with Crippen LogP contribution >= 0.6 is 15.9 Å². The van der Waals surface area contributed by atoms with Crippen molar-refractivity contribution in [3.05, 3.63) is 27.7 Å². The Balaban J connectivity index is 2.12. The predicted molar refractivity (Wildman–Crippen MR) is 74.7 cm³/mol. The Labute approximate surface area is 112 Å². The molecule has 2 nitrogen and oxygen atoms in total. The molecule has 1 aromatic carbocycles. The van der Waals surface area contributed by atoms with E-state index in [-0.39, 0.29) is 0 Å². The van der Waals surface area contributed by atoms with E-state index in [1.165, 1.54) is 24.0 Å². The summed E-state index contributed by atoms with van der Waals surface area (Å²) in [4.78, 5) is 0. The Morgan fingerprint density at radius 1 is 1.41 bits per heavy atom. The molecule has 0 spiro atoms. The van der Waals surface area contributed by atoms with Gasteiger partial charge in [-0.25, -0.2) is 0 Å². The van der Waals surface area contributed by atoms with Gasteiger partial charge in [0, 0.05) is 0 Å². The molecule has 0 heterocycles. The van der Waals surface area contributed by atoms with Crippen LogP contribution in [0.4, 0.5) is 0 Å². The highest BCUT2D eigenvalue weighted by Crippen LogP contribution is 2.34. The van der Waals surface area contributed by atoms with Crippen LogP contribution in [-0.2, 0) is 6.42 Å². The molecule has 0 aliphatic heterocycles. The Kier molecular flexibility index (Phi) is 4.46. The van der Waals surface area contributed by atoms with Gasteiger partial charge in [-0.15, -0.1) is 0 Å². The molecule has 3 heteroatoms. The average molecular weight is 298 g/mol. The third-order valence-corrected chi connectivity index (χ3v) is 3.66. The summed E-state index contributed by atoms with van der Waals surface area (Å²) in [5.41, 5.74) is 2.58. The molecule has 1 aliphatic rings. The van der Waals surface area contributed by atoms with Crippen LogP contribution in [-0.4, -0.2) is 20.2 Å². The molecule has 94 valence electrons. The summed E-state index contributed by atoms with van der Waals surface area (Å²) in [5, 5.41) is 3.19. The van der Waals surface area contributed by atoms with Crippen molar-refractivity contribution in [2.45, 2.75) is 26.2 Å². The van der Waals surface area contributed by atoms with Crippen LogP contribution in [0, 0.1) is 12.8 Å². The molecule has 0 bridgehead atoms. The molecule has 0 unspecified atom stereocenters. The minimum atomic E-state index is 0.792. The van der Waals surface area contributed by atoms with E-state index in [1.807, 2.05) is 7.05 Å². The first-order valence-corrected chi connectivity index (χ1v) is 7.06. The van der Waals surface area contributed by atoms with Gasteiger partial charge in [-0.1, -0.05) is 6.07 Å². The van der Waals surface area contributed by atoms with Crippen molar-refractivity contribution in [2.75, 3.05) is 20.2 Å². The zero-order valence-corrected chi connectivity index (χ0v) is 12.1. The number of nitrogens with one attached hydrogen (secondary N) is 1. The molecule has 17 heavy (non-hydrogen) atoms. The maximum absolute atomic E-state index is 5.97. The van der Waals surface area contributed by atoms with Crippen molar-refractivity contribution in [3.63, 3.8) is 0 Å². The van der Waals surface area contributed by atoms with Crippen LogP contribution in [0.5, 0.6) is 5.75 Å². The maximum atomic E-state index is 5.97. The summed E-state index contributed by atoms with van der Waals surface area (Å²) in [5.74, 6) is 1.83. The smallest absolute Gasteiger partial charge is 0.136 e. The maximum Gasteiger partial charge on any atom is 0.136 e. The van der Waals surface area contributed by atoms with Gasteiger partial charge in [-0.2, -0.15) is 0 Å². The standard InChI is InChI=1S/C14H20BrNO/c1-10-7-12(5-6-16-2)14(13(15)8-10)17-9-11-3-4-11/h7-8,11,16H,3-6,9H2,1-2H3. The van der Waals surface area contributed by atoms with E-state index in [0.29, 0.717) is 0 Å². The lowest BCUT2D eigenvalue weighted by Gasteiger charge is -2.14. The molecule has 1 aliphatic carbocycles. The fourth-order valence-electron chi connectivity index (χ4n) is 1.89. The van der Waals surface area contributed by atoms with E-state index < -0.39 is 0 Å². The van der Waals surface area contributed by atoms with Crippen LogP contribution in [0.2, 0.25) is 0 Å². The lowest BCUT2D eigenvalue weighted by Crippen LogP contribution is -2.12.